The van der Waals surface area contributed by atoms with Gasteiger partial charge < -0.3 is 34.3 Å². The number of nitrogens with zero attached hydrogens (tertiary/aromatic N) is 4. The second-order valence-electron chi connectivity index (χ2n) is 11.4. The van der Waals surface area contributed by atoms with Gasteiger partial charge in [-0.15, -0.1) is 11.3 Å². The highest BCUT2D eigenvalue weighted by Crippen LogP contribution is 2.25. The van der Waals surface area contributed by atoms with E-state index in [2.05, 4.69) is 39.1 Å². The Balaban J connectivity index is 0.000000249. The summed E-state index contributed by atoms with van der Waals surface area (Å²) in [6, 6.07) is 14.9. The van der Waals surface area contributed by atoms with Gasteiger partial charge in [-0.3, -0.25) is 5.41 Å². The van der Waals surface area contributed by atoms with Gasteiger partial charge >= 0.3 is 5.97 Å². The molecule has 2 saturated heterocycles. The van der Waals surface area contributed by atoms with Gasteiger partial charge in [-0.2, -0.15) is 0 Å². The van der Waals surface area contributed by atoms with Crippen molar-refractivity contribution < 1.29 is 23.4 Å². The molecule has 238 valence electrons. The molecular formula is C32H43FN6O4S. The van der Waals surface area contributed by atoms with E-state index in [1.165, 1.54) is 17.8 Å². The maximum absolute atomic E-state index is 13.2. The van der Waals surface area contributed by atoms with Crippen molar-refractivity contribution in [2.45, 2.75) is 39.3 Å². The molecule has 44 heavy (non-hydrogen) atoms. The molecule has 2 aliphatic heterocycles. The fourth-order valence-corrected chi connectivity index (χ4v) is 5.60. The number of hydrogen-bond acceptors (Lipinski definition) is 9. The molecule has 3 aromatic rings. The van der Waals surface area contributed by atoms with Gasteiger partial charge in [0.2, 0.25) is 5.84 Å². The second kappa shape index (κ2) is 15.9. The largest absolute Gasteiger partial charge is 0.454 e. The predicted molar refractivity (Wildman–Crippen MR) is 172 cm³/mol. The molecule has 0 spiro atoms. The van der Waals surface area contributed by atoms with E-state index in [0.29, 0.717) is 32.8 Å². The third-order valence-electron chi connectivity index (χ3n) is 6.89. The lowest BCUT2D eigenvalue weighted by molar-refractivity contribution is -0.147. The number of esters is 1. The number of anilines is 1. The fourth-order valence-electron chi connectivity index (χ4n) is 4.65. The molecule has 10 nitrogen and oxygen atoms in total. The first-order chi connectivity index (χ1) is 21.1. The summed E-state index contributed by atoms with van der Waals surface area (Å²) in [4.78, 5) is 21.2. The normalized spacial score (nSPS) is 15.9. The highest BCUT2D eigenvalue weighted by atomic mass is 32.1. The van der Waals surface area contributed by atoms with E-state index in [9.17, 15) is 9.18 Å². The van der Waals surface area contributed by atoms with Crippen LogP contribution in [0.5, 0.6) is 0 Å². The zero-order valence-electron chi connectivity index (χ0n) is 25.8. The number of carbonyl (C=O) groups excluding carboxylic acids is 1. The van der Waals surface area contributed by atoms with E-state index in [-0.39, 0.29) is 11.7 Å². The van der Waals surface area contributed by atoms with E-state index in [4.69, 9.17) is 30.3 Å². The zero-order chi connectivity index (χ0) is 31.5. The van der Waals surface area contributed by atoms with Crippen LogP contribution in [-0.2, 0) is 25.5 Å². The Labute approximate surface area is 262 Å². The third-order valence-corrected chi connectivity index (χ3v) is 7.76. The molecule has 2 aromatic carbocycles. The minimum atomic E-state index is -0.565. The number of morpholine rings is 2. The van der Waals surface area contributed by atoms with Crippen LogP contribution in [0.3, 0.4) is 0 Å². The van der Waals surface area contributed by atoms with Crippen molar-refractivity contribution in [1.29, 1.82) is 5.41 Å². The van der Waals surface area contributed by atoms with Crippen molar-refractivity contribution in [3.63, 3.8) is 0 Å². The summed E-state index contributed by atoms with van der Waals surface area (Å²) in [6.45, 7) is 12.5. The highest BCUT2D eigenvalue weighted by Gasteiger charge is 2.25. The topological polar surface area (TPSA) is 118 Å². The molecule has 5 rings (SSSR count). The molecule has 0 atom stereocenters. The average molecular weight is 627 g/mol. The smallest absolute Gasteiger partial charge is 0.374 e. The van der Waals surface area contributed by atoms with Crippen molar-refractivity contribution in [3.05, 3.63) is 64.5 Å². The summed E-state index contributed by atoms with van der Waals surface area (Å²) in [7, 11) is 0. The van der Waals surface area contributed by atoms with Gasteiger partial charge in [-0.1, -0.05) is 12.1 Å². The van der Waals surface area contributed by atoms with Gasteiger partial charge in [-0.05, 0) is 75.7 Å². The standard InChI is InChI=1S/C22H25FN4OS.C10H18N2O3/c23-18-4-6-19(7-5-18)25-22-27(11-1-10-24)21(16-29-22)17-2-8-20(9-3-17)26-12-14-28-15-13-26;1-10(2,3)15-9(13)8(11)12-4-6-14-7-5-12/h2-9,16H,1,10-15,24H2;11H,4-7H2,1-3H3. The molecule has 3 heterocycles. The van der Waals surface area contributed by atoms with Crippen LogP contribution in [0.4, 0.5) is 15.8 Å². The number of aromatic nitrogens is 1. The summed E-state index contributed by atoms with van der Waals surface area (Å²) < 4.78 is 31.1. The molecule has 0 radical (unpaired) electrons. The molecule has 0 unspecified atom stereocenters. The number of nitrogens with two attached hydrogens (primary N) is 1. The summed E-state index contributed by atoms with van der Waals surface area (Å²) in [5.41, 5.74) is 9.44. The molecular weight excluding hydrogens is 583 g/mol. The van der Waals surface area contributed by atoms with Crippen molar-refractivity contribution in [2.24, 2.45) is 10.7 Å². The minimum absolute atomic E-state index is 0.0757. The van der Waals surface area contributed by atoms with E-state index in [0.717, 1.165) is 61.0 Å². The number of thiazole rings is 1. The minimum Gasteiger partial charge on any atom is -0.454 e. The van der Waals surface area contributed by atoms with Crippen molar-refractivity contribution in [2.75, 3.05) is 64.1 Å². The van der Waals surface area contributed by atoms with Gasteiger partial charge in [0, 0.05) is 43.8 Å². The third kappa shape index (κ3) is 9.71. The Kier molecular flexibility index (Phi) is 12.1. The highest BCUT2D eigenvalue weighted by molar-refractivity contribution is 7.07. The van der Waals surface area contributed by atoms with Crippen LogP contribution in [-0.4, -0.2) is 86.0 Å². The molecule has 0 aliphatic carbocycles. The summed E-state index contributed by atoms with van der Waals surface area (Å²) in [5.74, 6) is -0.898. The van der Waals surface area contributed by atoms with Crippen LogP contribution >= 0.6 is 11.3 Å². The first kappa shape index (κ1) is 33.3. The number of hydrogen-bond donors (Lipinski definition) is 2. The van der Waals surface area contributed by atoms with Gasteiger partial charge in [0.25, 0.3) is 0 Å². The SMILES string of the molecule is CC(C)(C)OC(=O)C(=N)N1CCOCC1.NCCCn1c(-c2ccc(N3CCOCC3)cc2)csc1=Nc1ccc(F)cc1. The lowest BCUT2D eigenvalue weighted by Gasteiger charge is -2.29. The molecule has 3 N–H and O–H groups in total. The number of carbonyl (C=O) groups is 1. The first-order valence-corrected chi connectivity index (χ1v) is 15.8. The number of benzene rings is 2. The molecule has 0 saturated carbocycles. The van der Waals surface area contributed by atoms with E-state index in [1.807, 2.05) is 0 Å². The number of halogens is 1. The lowest BCUT2D eigenvalue weighted by Crippen LogP contribution is -2.45. The first-order valence-electron chi connectivity index (χ1n) is 14.9. The van der Waals surface area contributed by atoms with Crippen LogP contribution in [0.2, 0.25) is 0 Å². The van der Waals surface area contributed by atoms with Crippen molar-refractivity contribution >= 4 is 34.5 Å². The van der Waals surface area contributed by atoms with Crippen LogP contribution in [0, 0.1) is 11.2 Å². The summed E-state index contributed by atoms with van der Waals surface area (Å²) >= 11 is 1.59. The number of amidine groups is 1. The maximum Gasteiger partial charge on any atom is 0.374 e. The van der Waals surface area contributed by atoms with Crippen LogP contribution in [0.25, 0.3) is 11.3 Å². The van der Waals surface area contributed by atoms with E-state index >= 15 is 0 Å². The van der Waals surface area contributed by atoms with Gasteiger partial charge in [-0.25, -0.2) is 14.2 Å². The maximum atomic E-state index is 13.2. The Morgan fingerprint density at radius 2 is 1.61 bits per heavy atom. The van der Waals surface area contributed by atoms with E-state index in [1.54, 1.807) is 49.1 Å². The Bertz CT molecular complexity index is 1420. The molecule has 2 fully saturated rings. The molecule has 12 heteroatoms. The molecule has 0 bridgehead atoms. The monoisotopic (exact) mass is 626 g/mol. The second-order valence-corrected chi connectivity index (χ2v) is 12.2. The number of nitrogens with one attached hydrogen (secondary N) is 1. The Morgan fingerprint density at radius 1 is 1.00 bits per heavy atom. The van der Waals surface area contributed by atoms with Crippen molar-refractivity contribution in [3.8, 4) is 11.3 Å². The Morgan fingerprint density at radius 3 is 2.20 bits per heavy atom. The molecule has 0 amide bonds. The molecule has 1 aromatic heterocycles. The number of rotatable bonds is 6. The fraction of sp³-hybridized carbons (Fsp3) is 0.469. The Hall–Kier alpha value is -3.58. The van der Waals surface area contributed by atoms with Gasteiger partial charge in [0.15, 0.2) is 4.80 Å². The predicted octanol–water partition coefficient (Wildman–Crippen LogP) is 4.41. The van der Waals surface area contributed by atoms with Crippen LogP contribution in [0.15, 0.2) is 58.9 Å². The van der Waals surface area contributed by atoms with E-state index < -0.39 is 11.6 Å². The van der Waals surface area contributed by atoms with Crippen molar-refractivity contribution in [1.82, 2.24) is 9.47 Å². The van der Waals surface area contributed by atoms with Gasteiger partial charge in [0.05, 0.1) is 37.8 Å². The lowest BCUT2D eigenvalue weighted by atomic mass is 10.1. The molecule has 2 aliphatic rings. The van der Waals surface area contributed by atoms with Gasteiger partial charge in [0.1, 0.15) is 11.4 Å². The average Bonchev–Trinajstić information content (AvgIpc) is 3.43. The quantitative estimate of drug-likeness (QED) is 0.236. The number of ether oxygens (including phenoxy) is 3. The zero-order valence-corrected chi connectivity index (χ0v) is 26.6. The van der Waals surface area contributed by atoms with Crippen LogP contribution in [0.1, 0.15) is 27.2 Å². The van der Waals surface area contributed by atoms with Crippen LogP contribution < -0.4 is 15.4 Å². The summed E-state index contributed by atoms with van der Waals surface area (Å²) in [6.07, 6.45) is 0.867. The summed E-state index contributed by atoms with van der Waals surface area (Å²) in [5, 5.41) is 9.79.